The average Bonchev–Trinajstić information content (AvgIpc) is 2.36. The van der Waals surface area contributed by atoms with E-state index in [9.17, 15) is 0 Å². The van der Waals surface area contributed by atoms with Crippen molar-refractivity contribution in [3.05, 3.63) is 17.5 Å². The van der Waals surface area contributed by atoms with Crippen LogP contribution in [0.2, 0.25) is 0 Å². The summed E-state index contributed by atoms with van der Waals surface area (Å²) in [6, 6.07) is 0. The van der Waals surface area contributed by atoms with Gasteiger partial charge in [0.25, 0.3) is 0 Å². The number of rotatable bonds is 0. The number of aromatic nitrogens is 2. The topological polar surface area (TPSA) is 28.7 Å². The third kappa shape index (κ3) is 0.753. The van der Waals surface area contributed by atoms with Crippen LogP contribution in [0.25, 0.3) is 0 Å². The molecule has 2 nitrogen and oxygen atoms in total. The fourth-order valence-corrected chi connectivity index (χ4v) is 1.69. The zero-order chi connectivity index (χ0) is 6.97. The van der Waals surface area contributed by atoms with Crippen molar-refractivity contribution in [2.75, 3.05) is 0 Å². The molecule has 1 aromatic rings. The highest BCUT2D eigenvalue weighted by Gasteiger charge is 2.16. The average molecular weight is 136 g/mol. The second kappa shape index (κ2) is 2.11. The number of H-pyrrole nitrogens is 1. The van der Waals surface area contributed by atoms with E-state index >= 15 is 0 Å². The largest absolute Gasteiger partial charge is 0.282 e. The fourth-order valence-electron chi connectivity index (χ4n) is 1.69. The predicted molar refractivity (Wildman–Crippen MR) is 39.9 cm³/mol. The van der Waals surface area contributed by atoms with Gasteiger partial charge in [-0.3, -0.25) is 5.10 Å². The van der Waals surface area contributed by atoms with E-state index in [1.807, 2.05) is 6.20 Å². The van der Waals surface area contributed by atoms with Gasteiger partial charge in [0.05, 0.1) is 6.20 Å². The normalized spacial score (nSPS) is 24.3. The first kappa shape index (κ1) is 5.96. The molecule has 1 N–H and O–H groups in total. The fraction of sp³-hybridized carbons (Fsp3) is 0.625. The predicted octanol–water partition coefficient (Wildman–Crippen LogP) is 1.85. The summed E-state index contributed by atoms with van der Waals surface area (Å²) in [5.41, 5.74) is 2.80. The number of nitrogens with zero attached hydrogens (tertiary/aromatic N) is 1. The van der Waals surface area contributed by atoms with Gasteiger partial charge in [-0.05, 0) is 30.7 Å². The van der Waals surface area contributed by atoms with Crippen molar-refractivity contribution in [3.63, 3.8) is 0 Å². The van der Waals surface area contributed by atoms with Crippen LogP contribution in [-0.2, 0) is 6.42 Å². The van der Waals surface area contributed by atoms with Crippen LogP contribution in [0.1, 0.15) is 36.9 Å². The molecule has 0 unspecified atom stereocenters. The molecule has 1 aliphatic carbocycles. The minimum atomic E-state index is 0.725. The molecular formula is C8H12N2. The third-order valence-electron chi connectivity index (χ3n) is 2.35. The summed E-state index contributed by atoms with van der Waals surface area (Å²) >= 11 is 0. The molecule has 0 radical (unpaired) electrons. The van der Waals surface area contributed by atoms with Gasteiger partial charge < -0.3 is 0 Å². The van der Waals surface area contributed by atoms with Crippen LogP contribution in [0, 0.1) is 0 Å². The first-order valence-electron chi connectivity index (χ1n) is 3.90. The Hall–Kier alpha value is -0.790. The Bertz CT molecular complexity index is 227. The standard InChI is InChI=1S/C8H12N2/c1-6-3-2-4-8-7(6)5-9-10-8/h5-6H,2-4H2,1H3,(H,9,10)/t6-/m1/s1. The number of hydrogen-bond acceptors (Lipinski definition) is 1. The van der Waals surface area contributed by atoms with E-state index in [4.69, 9.17) is 0 Å². The van der Waals surface area contributed by atoms with Gasteiger partial charge in [0.2, 0.25) is 0 Å². The van der Waals surface area contributed by atoms with E-state index in [0.29, 0.717) is 0 Å². The summed E-state index contributed by atoms with van der Waals surface area (Å²) in [7, 11) is 0. The quantitative estimate of drug-likeness (QED) is 0.579. The maximum absolute atomic E-state index is 4.03. The number of fused-ring (bicyclic) bond motifs is 1. The molecular weight excluding hydrogens is 124 g/mol. The molecule has 54 valence electrons. The van der Waals surface area contributed by atoms with Gasteiger partial charge >= 0.3 is 0 Å². The summed E-state index contributed by atoms with van der Waals surface area (Å²) in [5.74, 6) is 0.725. The molecule has 0 saturated carbocycles. The Morgan fingerprint density at radius 2 is 2.60 bits per heavy atom. The molecule has 1 aliphatic rings. The van der Waals surface area contributed by atoms with Crippen molar-refractivity contribution in [1.29, 1.82) is 0 Å². The lowest BCUT2D eigenvalue weighted by Crippen LogP contribution is -2.04. The summed E-state index contributed by atoms with van der Waals surface area (Å²) in [6.07, 6.45) is 5.81. The molecule has 0 aliphatic heterocycles. The molecule has 1 atom stereocenters. The van der Waals surface area contributed by atoms with E-state index in [1.54, 1.807) is 0 Å². The van der Waals surface area contributed by atoms with Crippen molar-refractivity contribution in [2.24, 2.45) is 0 Å². The molecule has 0 saturated heterocycles. The Morgan fingerprint density at radius 1 is 1.70 bits per heavy atom. The molecule has 2 rings (SSSR count). The first-order valence-corrected chi connectivity index (χ1v) is 3.90. The van der Waals surface area contributed by atoms with Gasteiger partial charge in [0.15, 0.2) is 0 Å². The van der Waals surface area contributed by atoms with E-state index in [2.05, 4.69) is 17.1 Å². The van der Waals surface area contributed by atoms with Crippen molar-refractivity contribution >= 4 is 0 Å². The van der Waals surface area contributed by atoms with E-state index in [1.165, 1.54) is 30.5 Å². The Morgan fingerprint density at radius 3 is 3.40 bits per heavy atom. The smallest absolute Gasteiger partial charge is 0.0524 e. The Labute approximate surface area is 60.6 Å². The summed E-state index contributed by atoms with van der Waals surface area (Å²) in [4.78, 5) is 0. The number of aryl methyl sites for hydroxylation is 1. The Balaban J connectivity index is 2.41. The van der Waals surface area contributed by atoms with Crippen LogP contribution in [0.15, 0.2) is 6.20 Å². The maximum Gasteiger partial charge on any atom is 0.0524 e. The van der Waals surface area contributed by atoms with Crippen LogP contribution in [0.3, 0.4) is 0 Å². The minimum absolute atomic E-state index is 0.725. The van der Waals surface area contributed by atoms with Crippen molar-refractivity contribution in [1.82, 2.24) is 10.2 Å². The lowest BCUT2D eigenvalue weighted by molar-refractivity contribution is 0.585. The molecule has 10 heavy (non-hydrogen) atoms. The minimum Gasteiger partial charge on any atom is -0.282 e. The maximum atomic E-state index is 4.03. The van der Waals surface area contributed by atoms with Crippen LogP contribution >= 0.6 is 0 Å². The van der Waals surface area contributed by atoms with Crippen LogP contribution in [-0.4, -0.2) is 10.2 Å². The van der Waals surface area contributed by atoms with Crippen molar-refractivity contribution < 1.29 is 0 Å². The molecule has 2 heteroatoms. The molecule has 0 bridgehead atoms. The number of nitrogens with one attached hydrogen (secondary N) is 1. The van der Waals surface area contributed by atoms with Gasteiger partial charge in [0, 0.05) is 5.69 Å². The highest BCUT2D eigenvalue weighted by Crippen LogP contribution is 2.28. The molecule has 0 amide bonds. The van der Waals surface area contributed by atoms with Crippen molar-refractivity contribution in [2.45, 2.75) is 32.1 Å². The van der Waals surface area contributed by atoms with Crippen LogP contribution in [0.5, 0.6) is 0 Å². The van der Waals surface area contributed by atoms with Gasteiger partial charge in [-0.15, -0.1) is 0 Å². The van der Waals surface area contributed by atoms with Gasteiger partial charge in [0.1, 0.15) is 0 Å². The van der Waals surface area contributed by atoms with Gasteiger partial charge in [-0.2, -0.15) is 5.10 Å². The lowest BCUT2D eigenvalue weighted by atomic mass is 9.89. The monoisotopic (exact) mass is 136 g/mol. The zero-order valence-electron chi connectivity index (χ0n) is 6.22. The molecule has 1 aromatic heterocycles. The second-order valence-electron chi connectivity index (χ2n) is 3.10. The van der Waals surface area contributed by atoms with Gasteiger partial charge in [-0.25, -0.2) is 0 Å². The van der Waals surface area contributed by atoms with E-state index < -0.39 is 0 Å². The second-order valence-corrected chi connectivity index (χ2v) is 3.10. The third-order valence-corrected chi connectivity index (χ3v) is 2.35. The van der Waals surface area contributed by atoms with Gasteiger partial charge in [-0.1, -0.05) is 6.92 Å². The van der Waals surface area contributed by atoms with E-state index in [-0.39, 0.29) is 0 Å². The zero-order valence-corrected chi connectivity index (χ0v) is 6.22. The molecule has 0 fully saturated rings. The molecule has 1 heterocycles. The summed E-state index contributed by atoms with van der Waals surface area (Å²) in [5, 5.41) is 7.07. The lowest BCUT2D eigenvalue weighted by Gasteiger charge is -2.16. The van der Waals surface area contributed by atoms with E-state index in [0.717, 1.165) is 5.92 Å². The summed E-state index contributed by atoms with van der Waals surface area (Å²) in [6.45, 7) is 2.27. The van der Waals surface area contributed by atoms with Crippen LogP contribution in [0.4, 0.5) is 0 Å². The van der Waals surface area contributed by atoms with Crippen molar-refractivity contribution in [3.8, 4) is 0 Å². The van der Waals surface area contributed by atoms with Crippen LogP contribution < -0.4 is 0 Å². The highest BCUT2D eigenvalue weighted by atomic mass is 15.1. The molecule has 0 aromatic carbocycles. The first-order chi connectivity index (χ1) is 4.88. The Kier molecular flexibility index (Phi) is 1.26. The summed E-state index contributed by atoms with van der Waals surface area (Å²) < 4.78 is 0. The highest BCUT2D eigenvalue weighted by molar-refractivity contribution is 5.23. The number of hydrogen-bond donors (Lipinski definition) is 1. The number of aromatic amines is 1. The SMILES string of the molecule is C[C@@H]1CCCc2[nH]ncc21. The molecule has 0 spiro atoms.